The van der Waals surface area contributed by atoms with Crippen LogP contribution in [0.2, 0.25) is 5.02 Å². The van der Waals surface area contributed by atoms with Gasteiger partial charge in [-0.05, 0) is 48.4 Å². The van der Waals surface area contributed by atoms with Crippen LogP contribution in [0.15, 0.2) is 42.5 Å². The highest BCUT2D eigenvalue weighted by Crippen LogP contribution is 2.30. The van der Waals surface area contributed by atoms with Crippen molar-refractivity contribution in [2.45, 2.75) is 6.42 Å². The van der Waals surface area contributed by atoms with E-state index in [0.717, 1.165) is 22.8 Å². The summed E-state index contributed by atoms with van der Waals surface area (Å²) < 4.78 is 16.6. The molecule has 1 aliphatic rings. The van der Waals surface area contributed by atoms with E-state index in [0.29, 0.717) is 44.4 Å². The number of rotatable bonds is 7. The molecule has 0 saturated carbocycles. The van der Waals surface area contributed by atoms with E-state index in [1.807, 2.05) is 18.2 Å². The first-order valence-corrected chi connectivity index (χ1v) is 8.87. The van der Waals surface area contributed by atoms with Gasteiger partial charge in [-0.1, -0.05) is 17.7 Å². The summed E-state index contributed by atoms with van der Waals surface area (Å²) in [5.74, 6) is 2.25. The molecule has 0 fully saturated rings. The average Bonchev–Trinajstić information content (AvgIpc) is 2.66. The number of benzene rings is 2. The molecule has 0 atom stereocenters. The Morgan fingerprint density at radius 3 is 2.54 bits per heavy atom. The van der Waals surface area contributed by atoms with Gasteiger partial charge in [0.25, 0.3) is 0 Å². The molecule has 2 N–H and O–H groups in total. The summed E-state index contributed by atoms with van der Waals surface area (Å²) in [5.41, 5.74) is 1.08. The second kappa shape index (κ2) is 9.20. The summed E-state index contributed by atoms with van der Waals surface area (Å²) in [7, 11) is 0. The van der Waals surface area contributed by atoms with Crippen molar-refractivity contribution in [2.24, 2.45) is 0 Å². The van der Waals surface area contributed by atoms with E-state index >= 15 is 0 Å². The smallest absolute Gasteiger partial charge is 0.314 e. The highest BCUT2D eigenvalue weighted by Gasteiger charge is 2.11. The number of fused-ring (bicyclic) bond motifs is 1. The summed E-state index contributed by atoms with van der Waals surface area (Å²) in [6.45, 7) is 2.48. The van der Waals surface area contributed by atoms with Gasteiger partial charge in [-0.15, -0.1) is 0 Å². The summed E-state index contributed by atoms with van der Waals surface area (Å²) in [6, 6.07) is 12.7. The fraction of sp³-hybridized carbons (Fsp3) is 0.316. The lowest BCUT2D eigenvalue weighted by molar-refractivity contribution is 0.171. The van der Waals surface area contributed by atoms with Gasteiger partial charge in [0, 0.05) is 11.6 Å². The first-order valence-electron chi connectivity index (χ1n) is 8.49. The Labute approximate surface area is 157 Å². The molecule has 0 radical (unpaired) electrons. The van der Waals surface area contributed by atoms with E-state index in [-0.39, 0.29) is 6.03 Å². The van der Waals surface area contributed by atoms with Crippen LogP contribution in [-0.4, -0.2) is 38.9 Å². The van der Waals surface area contributed by atoms with Crippen LogP contribution >= 0.6 is 11.6 Å². The number of amides is 2. The van der Waals surface area contributed by atoms with Crippen LogP contribution in [0.5, 0.6) is 17.2 Å². The van der Waals surface area contributed by atoms with Gasteiger partial charge in [-0.25, -0.2) is 4.79 Å². The molecule has 6 nitrogen and oxygen atoms in total. The fourth-order valence-corrected chi connectivity index (χ4v) is 2.62. The van der Waals surface area contributed by atoms with Crippen LogP contribution < -0.4 is 24.8 Å². The van der Waals surface area contributed by atoms with Gasteiger partial charge >= 0.3 is 6.03 Å². The Kier molecular flexibility index (Phi) is 6.44. The van der Waals surface area contributed by atoms with Crippen molar-refractivity contribution < 1.29 is 19.0 Å². The van der Waals surface area contributed by atoms with Crippen molar-refractivity contribution in [3.05, 3.63) is 53.1 Å². The SMILES string of the molecule is O=C(NCCOc1ccc(Cl)cc1)NCCc1ccc2c(c1)OCCO2. The minimum Gasteiger partial charge on any atom is -0.492 e. The van der Waals surface area contributed by atoms with Crippen LogP contribution in [0.1, 0.15) is 5.56 Å². The monoisotopic (exact) mass is 376 g/mol. The number of urea groups is 1. The molecule has 2 amide bonds. The molecule has 0 aromatic heterocycles. The Bertz CT molecular complexity index is 737. The summed E-state index contributed by atoms with van der Waals surface area (Å²) in [6.07, 6.45) is 0.714. The van der Waals surface area contributed by atoms with Gasteiger partial charge in [0.05, 0.1) is 6.54 Å². The molecule has 2 aromatic carbocycles. The second-order valence-electron chi connectivity index (χ2n) is 5.71. The quantitative estimate of drug-likeness (QED) is 0.729. The van der Waals surface area contributed by atoms with Crippen molar-refractivity contribution in [3.63, 3.8) is 0 Å². The van der Waals surface area contributed by atoms with Crippen LogP contribution in [0.25, 0.3) is 0 Å². The summed E-state index contributed by atoms with van der Waals surface area (Å²) in [4.78, 5) is 11.8. The molecule has 0 unspecified atom stereocenters. The van der Waals surface area contributed by atoms with Crippen LogP contribution in [0.4, 0.5) is 4.79 Å². The largest absolute Gasteiger partial charge is 0.492 e. The first-order chi connectivity index (χ1) is 12.7. The minimum absolute atomic E-state index is 0.220. The molecule has 3 rings (SSSR count). The van der Waals surface area contributed by atoms with Crippen LogP contribution in [0, 0.1) is 0 Å². The molecule has 2 aromatic rings. The molecular weight excluding hydrogens is 356 g/mol. The molecular formula is C19H21ClN2O4. The number of carbonyl (C=O) groups excluding carboxylic acids is 1. The van der Waals surface area contributed by atoms with E-state index in [2.05, 4.69) is 10.6 Å². The number of ether oxygens (including phenoxy) is 3. The number of hydrogen-bond donors (Lipinski definition) is 2. The molecule has 0 spiro atoms. The maximum absolute atomic E-state index is 11.8. The number of carbonyl (C=O) groups is 1. The van der Waals surface area contributed by atoms with E-state index in [1.54, 1.807) is 24.3 Å². The van der Waals surface area contributed by atoms with Gasteiger partial charge in [0.2, 0.25) is 0 Å². The predicted octanol–water partition coefficient (Wildman–Crippen LogP) is 3.03. The van der Waals surface area contributed by atoms with Crippen molar-refractivity contribution >= 4 is 17.6 Å². The number of halogens is 1. The lowest BCUT2D eigenvalue weighted by atomic mass is 10.1. The van der Waals surface area contributed by atoms with Gasteiger partial charge in [0.15, 0.2) is 11.5 Å². The molecule has 1 aliphatic heterocycles. The second-order valence-corrected chi connectivity index (χ2v) is 6.15. The predicted molar refractivity (Wildman–Crippen MR) is 99.5 cm³/mol. The van der Waals surface area contributed by atoms with Crippen molar-refractivity contribution in [1.82, 2.24) is 10.6 Å². The summed E-state index contributed by atoms with van der Waals surface area (Å²) in [5, 5.41) is 6.24. The third-order valence-corrected chi connectivity index (χ3v) is 4.03. The zero-order valence-electron chi connectivity index (χ0n) is 14.3. The highest BCUT2D eigenvalue weighted by atomic mass is 35.5. The third kappa shape index (κ3) is 5.46. The Balaban J connectivity index is 1.31. The first kappa shape index (κ1) is 18.2. The lowest BCUT2D eigenvalue weighted by Crippen LogP contribution is -2.38. The normalized spacial score (nSPS) is 12.3. The molecule has 0 saturated heterocycles. The van der Waals surface area contributed by atoms with Crippen molar-refractivity contribution in [1.29, 1.82) is 0 Å². The molecule has 138 valence electrons. The van der Waals surface area contributed by atoms with E-state index in [9.17, 15) is 4.79 Å². The Morgan fingerprint density at radius 1 is 1.00 bits per heavy atom. The molecule has 0 bridgehead atoms. The van der Waals surface area contributed by atoms with E-state index < -0.39 is 0 Å². The van der Waals surface area contributed by atoms with Crippen LogP contribution in [0.3, 0.4) is 0 Å². The molecule has 0 aliphatic carbocycles. The zero-order valence-corrected chi connectivity index (χ0v) is 15.1. The van der Waals surface area contributed by atoms with Crippen molar-refractivity contribution in [2.75, 3.05) is 32.9 Å². The number of nitrogens with one attached hydrogen (secondary N) is 2. The zero-order chi connectivity index (χ0) is 18.2. The Hall–Kier alpha value is -2.60. The molecule has 7 heteroatoms. The number of hydrogen-bond acceptors (Lipinski definition) is 4. The van der Waals surface area contributed by atoms with Crippen molar-refractivity contribution in [3.8, 4) is 17.2 Å². The van der Waals surface area contributed by atoms with Gasteiger partial charge < -0.3 is 24.8 Å². The van der Waals surface area contributed by atoms with Gasteiger partial charge in [0.1, 0.15) is 25.6 Å². The maximum atomic E-state index is 11.8. The lowest BCUT2D eigenvalue weighted by Gasteiger charge is -2.18. The standard InChI is InChI=1S/C19H21ClN2O4/c20-15-2-4-16(5-3-15)24-10-9-22-19(23)21-8-7-14-1-6-17-18(13-14)26-12-11-25-17/h1-6,13H,7-12H2,(H2,21,22,23). The van der Waals surface area contributed by atoms with Gasteiger partial charge in [-0.3, -0.25) is 0 Å². The Morgan fingerprint density at radius 2 is 1.73 bits per heavy atom. The van der Waals surface area contributed by atoms with E-state index in [1.165, 1.54) is 0 Å². The third-order valence-electron chi connectivity index (χ3n) is 3.78. The molecule has 1 heterocycles. The van der Waals surface area contributed by atoms with Gasteiger partial charge in [-0.2, -0.15) is 0 Å². The topological polar surface area (TPSA) is 68.8 Å². The van der Waals surface area contributed by atoms with E-state index in [4.69, 9.17) is 25.8 Å². The molecule has 26 heavy (non-hydrogen) atoms. The minimum atomic E-state index is -0.220. The average molecular weight is 377 g/mol. The maximum Gasteiger partial charge on any atom is 0.314 e. The fourth-order valence-electron chi connectivity index (χ4n) is 2.49. The summed E-state index contributed by atoms with van der Waals surface area (Å²) >= 11 is 5.81. The van der Waals surface area contributed by atoms with Crippen LogP contribution in [-0.2, 0) is 6.42 Å². The highest BCUT2D eigenvalue weighted by molar-refractivity contribution is 6.30.